The molecule has 1 aliphatic heterocycles. The van der Waals surface area contributed by atoms with E-state index in [9.17, 15) is 9.90 Å². The third-order valence-electron chi connectivity index (χ3n) is 4.50. The number of aliphatic hydroxyl groups excluding tert-OH is 1. The molecule has 1 amide bonds. The molecule has 0 saturated carbocycles. The number of nitrogens with one attached hydrogen (secondary N) is 1. The van der Waals surface area contributed by atoms with Crippen molar-refractivity contribution in [1.29, 1.82) is 0 Å². The smallest absolute Gasteiger partial charge is 0.234 e. The predicted molar refractivity (Wildman–Crippen MR) is 90.6 cm³/mol. The van der Waals surface area contributed by atoms with Crippen molar-refractivity contribution in [2.45, 2.75) is 32.3 Å². The average Bonchev–Trinajstić information content (AvgIpc) is 2.55. The van der Waals surface area contributed by atoms with E-state index >= 15 is 0 Å². The molecule has 0 spiro atoms. The molecule has 128 valence electrons. The molecule has 0 aromatic heterocycles. The number of hydrogen-bond donors (Lipinski definition) is 2. The van der Waals surface area contributed by atoms with Crippen molar-refractivity contribution in [3.05, 3.63) is 29.8 Å². The Morgan fingerprint density at radius 3 is 3.00 bits per heavy atom. The molecule has 2 N–H and O–H groups in total. The van der Waals surface area contributed by atoms with Gasteiger partial charge in [0.05, 0.1) is 19.8 Å². The maximum absolute atomic E-state index is 12.1. The number of piperidine rings is 1. The Labute approximate surface area is 138 Å². The second kappa shape index (κ2) is 8.89. The SMILES string of the molecule is COc1ccccc1CCNC(=O)CN1CCCC(C(C)O)C1. The summed E-state index contributed by atoms with van der Waals surface area (Å²) in [6.07, 6.45) is 2.55. The Morgan fingerprint density at radius 1 is 1.48 bits per heavy atom. The fourth-order valence-electron chi connectivity index (χ4n) is 3.13. The van der Waals surface area contributed by atoms with E-state index in [4.69, 9.17) is 4.74 Å². The zero-order valence-corrected chi connectivity index (χ0v) is 14.1. The number of rotatable bonds is 7. The molecular formula is C18H28N2O3. The summed E-state index contributed by atoms with van der Waals surface area (Å²) in [6, 6.07) is 7.86. The number of likely N-dealkylation sites (tertiary alicyclic amines) is 1. The molecule has 1 fully saturated rings. The van der Waals surface area contributed by atoms with Crippen LogP contribution < -0.4 is 10.1 Å². The van der Waals surface area contributed by atoms with Gasteiger partial charge in [-0.25, -0.2) is 0 Å². The molecule has 1 heterocycles. The number of aliphatic hydroxyl groups is 1. The van der Waals surface area contributed by atoms with Gasteiger partial charge in [-0.05, 0) is 50.3 Å². The van der Waals surface area contributed by atoms with Crippen LogP contribution in [-0.4, -0.2) is 55.3 Å². The van der Waals surface area contributed by atoms with E-state index in [1.165, 1.54) is 0 Å². The summed E-state index contributed by atoms with van der Waals surface area (Å²) in [5.74, 6) is 1.19. The first-order chi connectivity index (χ1) is 11.1. The number of para-hydroxylation sites is 1. The van der Waals surface area contributed by atoms with Gasteiger partial charge in [0, 0.05) is 13.1 Å². The topological polar surface area (TPSA) is 61.8 Å². The summed E-state index contributed by atoms with van der Waals surface area (Å²) < 4.78 is 5.31. The largest absolute Gasteiger partial charge is 0.496 e. The van der Waals surface area contributed by atoms with Gasteiger partial charge < -0.3 is 15.2 Å². The Bertz CT molecular complexity index is 505. The number of methoxy groups -OCH3 is 1. The first-order valence-electron chi connectivity index (χ1n) is 8.39. The lowest BCUT2D eigenvalue weighted by Crippen LogP contribution is -2.44. The highest BCUT2D eigenvalue weighted by Gasteiger charge is 2.24. The van der Waals surface area contributed by atoms with Gasteiger partial charge in [0.25, 0.3) is 0 Å². The number of ether oxygens (including phenoxy) is 1. The van der Waals surface area contributed by atoms with Gasteiger partial charge in [0.15, 0.2) is 0 Å². The van der Waals surface area contributed by atoms with Crippen LogP contribution in [-0.2, 0) is 11.2 Å². The molecule has 0 radical (unpaired) electrons. The number of hydrogen-bond acceptors (Lipinski definition) is 4. The zero-order valence-electron chi connectivity index (χ0n) is 14.1. The number of carbonyl (C=O) groups is 1. The van der Waals surface area contributed by atoms with Gasteiger partial charge in [-0.1, -0.05) is 18.2 Å². The lowest BCUT2D eigenvalue weighted by atomic mass is 9.93. The van der Waals surface area contributed by atoms with Crippen molar-refractivity contribution in [2.24, 2.45) is 5.92 Å². The molecular weight excluding hydrogens is 292 g/mol. The predicted octanol–water partition coefficient (Wildman–Crippen LogP) is 1.45. The van der Waals surface area contributed by atoms with Crippen molar-refractivity contribution in [1.82, 2.24) is 10.2 Å². The molecule has 5 heteroatoms. The molecule has 2 atom stereocenters. The number of amides is 1. The fraction of sp³-hybridized carbons (Fsp3) is 0.611. The molecule has 1 aromatic rings. The van der Waals surface area contributed by atoms with E-state index < -0.39 is 0 Å². The highest BCUT2D eigenvalue weighted by Crippen LogP contribution is 2.19. The highest BCUT2D eigenvalue weighted by atomic mass is 16.5. The van der Waals surface area contributed by atoms with Crippen LogP contribution in [0.3, 0.4) is 0 Å². The summed E-state index contributed by atoms with van der Waals surface area (Å²) >= 11 is 0. The highest BCUT2D eigenvalue weighted by molar-refractivity contribution is 5.78. The van der Waals surface area contributed by atoms with Gasteiger partial charge in [0.2, 0.25) is 5.91 Å². The molecule has 1 aromatic carbocycles. The first kappa shape index (κ1) is 17.8. The zero-order chi connectivity index (χ0) is 16.7. The number of nitrogens with zero attached hydrogens (tertiary/aromatic N) is 1. The van der Waals surface area contributed by atoms with E-state index in [1.54, 1.807) is 7.11 Å². The summed E-state index contributed by atoms with van der Waals surface area (Å²) in [7, 11) is 1.66. The van der Waals surface area contributed by atoms with E-state index in [1.807, 2.05) is 31.2 Å². The Kier molecular flexibility index (Phi) is 6.86. The van der Waals surface area contributed by atoms with E-state index in [2.05, 4.69) is 10.2 Å². The van der Waals surface area contributed by atoms with E-state index in [0.29, 0.717) is 13.1 Å². The Morgan fingerprint density at radius 2 is 2.26 bits per heavy atom. The van der Waals surface area contributed by atoms with Gasteiger partial charge in [-0.2, -0.15) is 0 Å². The van der Waals surface area contributed by atoms with Crippen LogP contribution in [0.2, 0.25) is 0 Å². The van der Waals surface area contributed by atoms with Crippen molar-refractivity contribution in [3.63, 3.8) is 0 Å². The minimum absolute atomic E-state index is 0.0474. The molecule has 0 aliphatic carbocycles. The Balaban J connectivity index is 1.73. The lowest BCUT2D eigenvalue weighted by molar-refractivity contribution is -0.122. The van der Waals surface area contributed by atoms with Gasteiger partial charge in [-0.15, -0.1) is 0 Å². The van der Waals surface area contributed by atoms with E-state index in [0.717, 1.165) is 43.7 Å². The molecule has 1 aliphatic rings. The monoisotopic (exact) mass is 320 g/mol. The van der Waals surface area contributed by atoms with Crippen molar-refractivity contribution in [2.75, 3.05) is 33.3 Å². The van der Waals surface area contributed by atoms with Gasteiger partial charge in [-0.3, -0.25) is 9.69 Å². The minimum atomic E-state index is -0.300. The van der Waals surface area contributed by atoms with Gasteiger partial charge >= 0.3 is 0 Å². The number of benzene rings is 1. The van der Waals surface area contributed by atoms with Crippen LogP contribution in [0.1, 0.15) is 25.3 Å². The number of carbonyl (C=O) groups excluding carboxylic acids is 1. The molecule has 2 unspecified atom stereocenters. The van der Waals surface area contributed by atoms with Gasteiger partial charge in [0.1, 0.15) is 5.75 Å². The van der Waals surface area contributed by atoms with Crippen LogP contribution >= 0.6 is 0 Å². The van der Waals surface area contributed by atoms with Crippen LogP contribution in [0.5, 0.6) is 5.75 Å². The van der Waals surface area contributed by atoms with Crippen LogP contribution in [0.15, 0.2) is 24.3 Å². The Hall–Kier alpha value is -1.59. The summed E-state index contributed by atoms with van der Waals surface area (Å²) in [5, 5.41) is 12.7. The normalized spacial score (nSPS) is 20.0. The lowest BCUT2D eigenvalue weighted by Gasteiger charge is -2.33. The van der Waals surface area contributed by atoms with Crippen molar-refractivity contribution in [3.8, 4) is 5.75 Å². The second-order valence-corrected chi connectivity index (χ2v) is 6.29. The first-order valence-corrected chi connectivity index (χ1v) is 8.39. The molecule has 5 nitrogen and oxygen atoms in total. The van der Waals surface area contributed by atoms with Crippen molar-refractivity contribution < 1.29 is 14.6 Å². The standard InChI is InChI=1S/C18H28N2O3/c1-14(21)16-7-5-11-20(12-16)13-18(22)19-10-9-15-6-3-4-8-17(15)23-2/h3-4,6,8,14,16,21H,5,7,9-13H2,1-2H3,(H,19,22). The van der Waals surface area contributed by atoms with Crippen LogP contribution in [0, 0.1) is 5.92 Å². The van der Waals surface area contributed by atoms with Crippen LogP contribution in [0.4, 0.5) is 0 Å². The molecule has 0 bridgehead atoms. The fourth-order valence-corrected chi connectivity index (χ4v) is 3.13. The maximum Gasteiger partial charge on any atom is 0.234 e. The molecule has 1 saturated heterocycles. The summed E-state index contributed by atoms with van der Waals surface area (Å²) in [5.41, 5.74) is 1.10. The third-order valence-corrected chi connectivity index (χ3v) is 4.50. The quantitative estimate of drug-likeness (QED) is 0.798. The van der Waals surface area contributed by atoms with E-state index in [-0.39, 0.29) is 17.9 Å². The summed E-state index contributed by atoms with van der Waals surface area (Å²) in [6.45, 7) is 4.59. The van der Waals surface area contributed by atoms with Crippen molar-refractivity contribution >= 4 is 5.91 Å². The minimum Gasteiger partial charge on any atom is -0.496 e. The molecule has 23 heavy (non-hydrogen) atoms. The average molecular weight is 320 g/mol. The third kappa shape index (κ3) is 5.52. The maximum atomic E-state index is 12.1. The molecule has 2 rings (SSSR count). The summed E-state index contributed by atoms with van der Waals surface area (Å²) in [4.78, 5) is 14.2. The van der Waals surface area contributed by atoms with Crippen LogP contribution in [0.25, 0.3) is 0 Å². The second-order valence-electron chi connectivity index (χ2n) is 6.29.